The maximum absolute atomic E-state index is 11.3. The average molecular weight is 381 g/mol. The SMILES string of the molecule is Cc1cc(Cc2ccc(S(=O)[O-])cc2[N+](=O)[O-])ccc1Nc1ccccc1. The maximum Gasteiger partial charge on any atom is 0.274 e. The zero-order valence-electron chi connectivity index (χ0n) is 14.5. The van der Waals surface area contributed by atoms with Crippen molar-refractivity contribution in [1.29, 1.82) is 0 Å². The van der Waals surface area contributed by atoms with Gasteiger partial charge in [-0.15, -0.1) is 0 Å². The lowest BCUT2D eigenvalue weighted by Gasteiger charge is -2.12. The van der Waals surface area contributed by atoms with Gasteiger partial charge in [0.1, 0.15) is 0 Å². The molecule has 1 atom stereocenters. The van der Waals surface area contributed by atoms with Crippen molar-refractivity contribution in [2.45, 2.75) is 18.2 Å². The lowest BCUT2D eigenvalue weighted by atomic mass is 10.0. The molecule has 0 aliphatic carbocycles. The van der Waals surface area contributed by atoms with Crippen molar-refractivity contribution in [2.75, 3.05) is 5.32 Å². The Morgan fingerprint density at radius 3 is 2.41 bits per heavy atom. The lowest BCUT2D eigenvalue weighted by molar-refractivity contribution is -0.385. The molecule has 3 aromatic rings. The largest absolute Gasteiger partial charge is 0.768 e. The number of nitro benzene ring substituents is 1. The summed E-state index contributed by atoms with van der Waals surface area (Å²) in [5.74, 6) is 0. The van der Waals surface area contributed by atoms with Crippen LogP contribution < -0.4 is 5.32 Å². The van der Waals surface area contributed by atoms with Crippen molar-refractivity contribution in [3.05, 3.63) is 93.5 Å². The molecule has 6 nitrogen and oxygen atoms in total. The molecule has 1 N–H and O–H groups in total. The summed E-state index contributed by atoms with van der Waals surface area (Å²) < 4.78 is 22.1. The predicted octanol–water partition coefficient (Wildman–Crippen LogP) is 4.48. The van der Waals surface area contributed by atoms with Gasteiger partial charge in [0.25, 0.3) is 5.69 Å². The minimum atomic E-state index is -2.50. The zero-order valence-corrected chi connectivity index (χ0v) is 15.4. The molecule has 0 aliphatic rings. The second-order valence-corrected chi connectivity index (χ2v) is 7.04. The molecule has 0 radical (unpaired) electrons. The van der Waals surface area contributed by atoms with Crippen molar-refractivity contribution in [3.8, 4) is 0 Å². The van der Waals surface area contributed by atoms with Crippen LogP contribution >= 0.6 is 0 Å². The highest BCUT2D eigenvalue weighted by Crippen LogP contribution is 2.27. The van der Waals surface area contributed by atoms with E-state index >= 15 is 0 Å². The summed E-state index contributed by atoms with van der Waals surface area (Å²) in [5, 5.41) is 14.6. The molecule has 0 amide bonds. The fourth-order valence-electron chi connectivity index (χ4n) is 2.84. The van der Waals surface area contributed by atoms with Gasteiger partial charge in [0.15, 0.2) is 0 Å². The van der Waals surface area contributed by atoms with Gasteiger partial charge in [-0.05, 0) is 53.4 Å². The van der Waals surface area contributed by atoms with Crippen molar-refractivity contribution >= 4 is 28.1 Å². The molecular formula is C20H17N2O4S-. The molecule has 3 aromatic carbocycles. The average Bonchev–Trinajstić information content (AvgIpc) is 2.65. The van der Waals surface area contributed by atoms with E-state index in [1.165, 1.54) is 12.1 Å². The highest BCUT2D eigenvalue weighted by Gasteiger charge is 2.15. The molecule has 0 aromatic heterocycles. The van der Waals surface area contributed by atoms with E-state index in [2.05, 4.69) is 5.32 Å². The summed E-state index contributed by atoms with van der Waals surface area (Å²) in [6.07, 6.45) is 0.342. The highest BCUT2D eigenvalue weighted by molar-refractivity contribution is 7.79. The van der Waals surface area contributed by atoms with Crippen LogP contribution in [-0.2, 0) is 17.5 Å². The van der Waals surface area contributed by atoms with Gasteiger partial charge in [-0.2, -0.15) is 0 Å². The van der Waals surface area contributed by atoms with Gasteiger partial charge in [-0.3, -0.25) is 14.3 Å². The fourth-order valence-corrected chi connectivity index (χ4v) is 3.23. The Morgan fingerprint density at radius 1 is 1.04 bits per heavy atom. The van der Waals surface area contributed by atoms with Gasteiger partial charge in [0.2, 0.25) is 0 Å². The van der Waals surface area contributed by atoms with Crippen molar-refractivity contribution < 1.29 is 13.7 Å². The number of nitrogens with zero attached hydrogens (tertiary/aromatic N) is 1. The molecule has 0 saturated carbocycles. The van der Waals surface area contributed by atoms with E-state index in [4.69, 9.17) is 0 Å². The molecule has 0 bridgehead atoms. The van der Waals surface area contributed by atoms with Gasteiger partial charge in [-0.25, -0.2) is 0 Å². The highest BCUT2D eigenvalue weighted by atomic mass is 32.2. The second-order valence-electron chi connectivity index (χ2n) is 6.10. The first-order valence-electron chi connectivity index (χ1n) is 8.22. The molecule has 0 saturated heterocycles. The Bertz CT molecular complexity index is 1010. The first-order chi connectivity index (χ1) is 12.9. The number of anilines is 2. The minimum Gasteiger partial charge on any atom is -0.768 e. The van der Waals surface area contributed by atoms with Gasteiger partial charge >= 0.3 is 0 Å². The topological polar surface area (TPSA) is 95.3 Å². The van der Waals surface area contributed by atoms with E-state index in [-0.39, 0.29) is 10.6 Å². The number of benzene rings is 3. The first-order valence-corrected chi connectivity index (χ1v) is 9.29. The Morgan fingerprint density at radius 2 is 1.78 bits per heavy atom. The van der Waals surface area contributed by atoms with E-state index in [0.717, 1.165) is 28.6 Å². The van der Waals surface area contributed by atoms with Gasteiger partial charge < -0.3 is 9.87 Å². The summed E-state index contributed by atoms with van der Waals surface area (Å²) in [4.78, 5) is 10.7. The van der Waals surface area contributed by atoms with Gasteiger partial charge in [0.05, 0.1) is 4.92 Å². The second kappa shape index (κ2) is 8.11. The molecular weight excluding hydrogens is 364 g/mol. The number of rotatable bonds is 6. The quantitative estimate of drug-likeness (QED) is 0.386. The van der Waals surface area contributed by atoms with Crippen LogP contribution in [0.4, 0.5) is 17.1 Å². The van der Waals surface area contributed by atoms with Gasteiger partial charge in [0, 0.05) is 34.3 Å². The Balaban J connectivity index is 1.85. The third kappa shape index (κ3) is 4.58. The van der Waals surface area contributed by atoms with Crippen LogP contribution in [-0.4, -0.2) is 13.7 Å². The van der Waals surface area contributed by atoms with Crippen LogP contribution in [0.3, 0.4) is 0 Å². The molecule has 0 spiro atoms. The van der Waals surface area contributed by atoms with E-state index in [9.17, 15) is 18.9 Å². The summed E-state index contributed by atoms with van der Waals surface area (Å²) in [7, 11) is 0. The summed E-state index contributed by atoms with van der Waals surface area (Å²) in [5.41, 5.74) is 4.13. The third-order valence-corrected chi connectivity index (χ3v) is 4.82. The number of para-hydroxylation sites is 1. The van der Waals surface area contributed by atoms with Crippen molar-refractivity contribution in [1.82, 2.24) is 0 Å². The number of nitrogens with one attached hydrogen (secondary N) is 1. The summed E-state index contributed by atoms with van der Waals surface area (Å²) >= 11 is -2.50. The molecule has 1 unspecified atom stereocenters. The summed E-state index contributed by atoms with van der Waals surface area (Å²) in [6, 6.07) is 19.6. The molecule has 0 heterocycles. The van der Waals surface area contributed by atoms with Crippen LogP contribution in [0.2, 0.25) is 0 Å². The van der Waals surface area contributed by atoms with Crippen LogP contribution in [0.1, 0.15) is 16.7 Å². The molecule has 3 rings (SSSR count). The van der Waals surface area contributed by atoms with Crippen LogP contribution in [0.15, 0.2) is 71.6 Å². The Labute approximate surface area is 159 Å². The standard InChI is InChI=1S/C20H18N2O4S/c1-14-11-15(7-10-19(14)21-17-5-3-2-4-6-17)12-16-8-9-18(27(25)26)13-20(16)22(23)24/h2-11,13,21H,12H2,1H3,(H,25,26)/p-1. The monoisotopic (exact) mass is 381 g/mol. The molecule has 7 heteroatoms. The van der Waals surface area contributed by atoms with Gasteiger partial charge in [-0.1, -0.05) is 36.4 Å². The third-order valence-electron chi connectivity index (χ3n) is 4.18. The molecule has 0 aliphatic heterocycles. The van der Waals surface area contributed by atoms with Crippen molar-refractivity contribution in [3.63, 3.8) is 0 Å². The number of aryl methyl sites for hydroxylation is 1. The van der Waals surface area contributed by atoms with E-state index < -0.39 is 16.0 Å². The Hall–Kier alpha value is -3.03. The number of hydrogen-bond donors (Lipinski definition) is 1. The molecule has 0 fully saturated rings. The van der Waals surface area contributed by atoms with E-state index in [1.807, 2.05) is 55.5 Å². The maximum atomic E-state index is 11.3. The number of hydrogen-bond acceptors (Lipinski definition) is 5. The van der Waals surface area contributed by atoms with Crippen molar-refractivity contribution in [2.24, 2.45) is 0 Å². The van der Waals surface area contributed by atoms with E-state index in [1.54, 1.807) is 0 Å². The van der Waals surface area contributed by atoms with E-state index in [0.29, 0.717) is 12.0 Å². The zero-order chi connectivity index (χ0) is 19.4. The normalized spacial score (nSPS) is 11.8. The minimum absolute atomic E-state index is 0.0935. The van der Waals surface area contributed by atoms with Crippen LogP contribution in [0, 0.1) is 17.0 Å². The predicted molar refractivity (Wildman–Crippen MR) is 104 cm³/mol. The first kappa shape index (κ1) is 18.8. The van der Waals surface area contributed by atoms with Crippen LogP contribution in [0.5, 0.6) is 0 Å². The Kier molecular flexibility index (Phi) is 5.63. The smallest absolute Gasteiger partial charge is 0.274 e. The summed E-state index contributed by atoms with van der Waals surface area (Å²) in [6.45, 7) is 1.97. The molecule has 27 heavy (non-hydrogen) atoms. The fraction of sp³-hybridized carbons (Fsp3) is 0.100. The van der Waals surface area contributed by atoms with Crippen LogP contribution in [0.25, 0.3) is 0 Å². The molecule has 138 valence electrons. The number of nitro groups is 1. The lowest BCUT2D eigenvalue weighted by Crippen LogP contribution is -2.00.